The van der Waals surface area contributed by atoms with Crippen LogP contribution in [0.1, 0.15) is 25.6 Å². The first-order valence-corrected chi connectivity index (χ1v) is 7.74. The summed E-state index contributed by atoms with van der Waals surface area (Å²) in [6.07, 6.45) is -4.45. The summed E-state index contributed by atoms with van der Waals surface area (Å²) in [5.74, 6) is 0. The summed E-state index contributed by atoms with van der Waals surface area (Å²) in [4.78, 5) is 7.98. The summed E-state index contributed by atoms with van der Waals surface area (Å²) >= 11 is 7.10. The van der Waals surface area contributed by atoms with Crippen LogP contribution < -0.4 is 0 Å². The van der Waals surface area contributed by atoms with Crippen molar-refractivity contribution in [2.75, 3.05) is 0 Å². The van der Waals surface area contributed by atoms with E-state index in [-0.39, 0.29) is 11.0 Å². The van der Waals surface area contributed by atoms with Crippen molar-refractivity contribution in [1.29, 1.82) is 0 Å². The minimum Gasteiger partial charge on any atom is -0.312 e. The van der Waals surface area contributed by atoms with Crippen LogP contribution in [0.25, 0.3) is 21.6 Å². The molecule has 8 heteroatoms. The average Bonchev–Trinajstić information content (AvgIpc) is 3.00. The van der Waals surface area contributed by atoms with E-state index in [1.54, 1.807) is 12.1 Å². The van der Waals surface area contributed by atoms with Gasteiger partial charge in [-0.3, -0.25) is 0 Å². The maximum Gasteiger partial charge on any atom is 0.434 e. The van der Waals surface area contributed by atoms with Gasteiger partial charge < -0.3 is 4.57 Å². The molecule has 0 unspecified atom stereocenters. The molecule has 0 spiro atoms. The van der Waals surface area contributed by atoms with Gasteiger partial charge in [0.25, 0.3) is 0 Å². The number of aromatic nitrogens is 3. The van der Waals surface area contributed by atoms with Crippen LogP contribution in [0, 0.1) is 0 Å². The lowest BCUT2D eigenvalue weighted by Gasteiger charge is -2.09. The van der Waals surface area contributed by atoms with Gasteiger partial charge >= 0.3 is 6.18 Å². The van der Waals surface area contributed by atoms with Gasteiger partial charge in [0.15, 0.2) is 5.69 Å². The maximum absolute atomic E-state index is 12.7. The van der Waals surface area contributed by atoms with E-state index in [0.29, 0.717) is 16.4 Å². The van der Waals surface area contributed by atoms with Crippen LogP contribution in [-0.4, -0.2) is 14.5 Å². The molecule has 2 aromatic heterocycles. The zero-order valence-corrected chi connectivity index (χ0v) is 13.2. The highest BCUT2D eigenvalue weighted by molar-refractivity contribution is 7.13. The SMILES string of the molecule is CC(C)n1c(Cl)nc2c(-c3nc(C(F)(F)F)cs3)cccc21. The van der Waals surface area contributed by atoms with E-state index in [1.165, 1.54) is 0 Å². The van der Waals surface area contributed by atoms with Crippen molar-refractivity contribution in [1.82, 2.24) is 14.5 Å². The maximum atomic E-state index is 12.7. The number of rotatable bonds is 2. The minimum atomic E-state index is -4.45. The van der Waals surface area contributed by atoms with Crippen LogP contribution >= 0.6 is 22.9 Å². The topological polar surface area (TPSA) is 30.7 Å². The first-order valence-electron chi connectivity index (χ1n) is 6.48. The molecule has 3 aromatic rings. The monoisotopic (exact) mass is 345 g/mol. The fourth-order valence-electron chi connectivity index (χ4n) is 2.28. The predicted octanol–water partition coefficient (Wildman–Crippen LogP) is 5.41. The second kappa shape index (κ2) is 5.24. The first kappa shape index (κ1) is 15.3. The third-order valence-corrected chi connectivity index (χ3v) is 4.36. The first-order chi connectivity index (χ1) is 10.3. The smallest absolute Gasteiger partial charge is 0.312 e. The van der Waals surface area contributed by atoms with Gasteiger partial charge in [-0.15, -0.1) is 11.3 Å². The summed E-state index contributed by atoms with van der Waals surface area (Å²) in [6, 6.07) is 5.41. The van der Waals surface area contributed by atoms with Gasteiger partial charge in [0, 0.05) is 17.0 Å². The van der Waals surface area contributed by atoms with Gasteiger partial charge in [0.2, 0.25) is 5.28 Å². The lowest BCUT2D eigenvalue weighted by atomic mass is 10.2. The van der Waals surface area contributed by atoms with E-state index in [4.69, 9.17) is 11.6 Å². The number of imidazole rings is 1. The van der Waals surface area contributed by atoms with Crippen molar-refractivity contribution in [3.8, 4) is 10.6 Å². The molecule has 0 atom stereocenters. The van der Waals surface area contributed by atoms with E-state index < -0.39 is 11.9 Å². The normalized spacial score (nSPS) is 12.5. The second-order valence-electron chi connectivity index (χ2n) is 5.05. The molecule has 22 heavy (non-hydrogen) atoms. The van der Waals surface area contributed by atoms with Crippen LogP contribution in [0.4, 0.5) is 13.2 Å². The summed E-state index contributed by atoms with van der Waals surface area (Å²) in [6.45, 7) is 3.93. The molecule has 2 heterocycles. The molecule has 0 saturated carbocycles. The lowest BCUT2D eigenvalue weighted by molar-refractivity contribution is -0.140. The van der Waals surface area contributed by atoms with Crippen LogP contribution in [0.3, 0.4) is 0 Å². The Labute approximate surface area is 133 Å². The number of fused-ring (bicyclic) bond motifs is 1. The quantitative estimate of drug-likeness (QED) is 0.621. The molecule has 3 rings (SSSR count). The van der Waals surface area contributed by atoms with Crippen LogP contribution in [0.5, 0.6) is 0 Å². The van der Waals surface area contributed by atoms with Crippen LogP contribution in [0.15, 0.2) is 23.6 Å². The third-order valence-electron chi connectivity index (χ3n) is 3.22. The van der Waals surface area contributed by atoms with Gasteiger partial charge in [0.05, 0.1) is 5.52 Å². The molecular formula is C14H11ClF3N3S. The Morgan fingerprint density at radius 3 is 2.55 bits per heavy atom. The molecule has 0 aliphatic heterocycles. The Bertz CT molecular complexity index is 836. The lowest BCUT2D eigenvalue weighted by Crippen LogP contribution is -2.04. The number of nitrogens with zero attached hydrogens (tertiary/aromatic N) is 3. The Balaban J connectivity index is 2.20. The van der Waals surface area contributed by atoms with E-state index in [9.17, 15) is 13.2 Å². The van der Waals surface area contributed by atoms with Crippen molar-refractivity contribution in [3.63, 3.8) is 0 Å². The summed E-state index contributed by atoms with van der Waals surface area (Å²) in [5, 5.41) is 1.60. The zero-order chi connectivity index (χ0) is 16.1. The van der Waals surface area contributed by atoms with Crippen molar-refractivity contribution in [2.24, 2.45) is 0 Å². The van der Waals surface area contributed by atoms with E-state index in [1.807, 2.05) is 24.5 Å². The number of para-hydroxylation sites is 1. The summed E-state index contributed by atoms with van der Waals surface area (Å²) in [5.41, 5.74) is 1.00. The average molecular weight is 346 g/mol. The fraction of sp³-hybridized carbons (Fsp3) is 0.286. The number of halogens is 4. The number of benzene rings is 1. The molecular weight excluding hydrogens is 335 g/mol. The number of alkyl halides is 3. The van der Waals surface area contributed by atoms with E-state index in [2.05, 4.69) is 9.97 Å². The van der Waals surface area contributed by atoms with Crippen LogP contribution in [0.2, 0.25) is 5.28 Å². The highest BCUT2D eigenvalue weighted by atomic mass is 35.5. The highest BCUT2D eigenvalue weighted by Gasteiger charge is 2.34. The number of hydrogen-bond donors (Lipinski definition) is 0. The van der Waals surface area contributed by atoms with Gasteiger partial charge in [-0.2, -0.15) is 13.2 Å². The Kier molecular flexibility index (Phi) is 3.65. The molecule has 3 nitrogen and oxygen atoms in total. The van der Waals surface area contributed by atoms with Gasteiger partial charge in [-0.1, -0.05) is 6.07 Å². The molecule has 0 fully saturated rings. The van der Waals surface area contributed by atoms with E-state index >= 15 is 0 Å². The van der Waals surface area contributed by atoms with Gasteiger partial charge in [-0.05, 0) is 37.6 Å². The molecule has 0 amide bonds. The van der Waals surface area contributed by atoms with Crippen molar-refractivity contribution in [3.05, 3.63) is 34.6 Å². The second-order valence-corrected chi connectivity index (χ2v) is 6.25. The van der Waals surface area contributed by atoms with Gasteiger partial charge in [-0.25, -0.2) is 9.97 Å². The number of thiazole rings is 1. The molecule has 116 valence electrons. The molecule has 1 aromatic carbocycles. The zero-order valence-electron chi connectivity index (χ0n) is 11.6. The Morgan fingerprint density at radius 1 is 1.23 bits per heavy atom. The molecule has 0 radical (unpaired) electrons. The molecule has 0 bridgehead atoms. The van der Waals surface area contributed by atoms with Crippen LogP contribution in [-0.2, 0) is 6.18 Å². The minimum absolute atomic E-state index is 0.0924. The number of hydrogen-bond acceptors (Lipinski definition) is 3. The van der Waals surface area contributed by atoms with Crippen molar-refractivity contribution in [2.45, 2.75) is 26.1 Å². The van der Waals surface area contributed by atoms with E-state index in [0.717, 1.165) is 22.2 Å². The molecule has 0 N–H and O–H groups in total. The predicted molar refractivity (Wildman–Crippen MR) is 81.2 cm³/mol. The molecule has 0 saturated heterocycles. The highest BCUT2D eigenvalue weighted by Crippen LogP contribution is 2.37. The van der Waals surface area contributed by atoms with Crippen molar-refractivity contribution >= 4 is 34.0 Å². The third kappa shape index (κ3) is 2.48. The summed E-state index contributed by atoms with van der Waals surface area (Å²) in [7, 11) is 0. The van der Waals surface area contributed by atoms with Crippen molar-refractivity contribution < 1.29 is 13.2 Å². The largest absolute Gasteiger partial charge is 0.434 e. The molecule has 0 aliphatic carbocycles. The fourth-order valence-corrected chi connectivity index (χ4v) is 3.50. The Morgan fingerprint density at radius 2 is 1.95 bits per heavy atom. The summed E-state index contributed by atoms with van der Waals surface area (Å²) < 4.78 is 40.0. The standard InChI is InChI=1S/C14H11ClF3N3S/c1-7(2)21-9-5-3-4-8(11(9)20-13(21)15)12-19-10(6-22-12)14(16,17)18/h3-7H,1-2H3. The Hall–Kier alpha value is -1.60. The van der Waals surface area contributed by atoms with Gasteiger partial charge in [0.1, 0.15) is 10.5 Å². The molecule has 0 aliphatic rings.